The topological polar surface area (TPSA) is 87.0 Å². The largest absolute Gasteiger partial charge is 0.393 e. The van der Waals surface area contributed by atoms with Crippen molar-refractivity contribution in [3.05, 3.63) is 0 Å². The zero-order valence-electron chi connectivity index (χ0n) is 12.5. The second kappa shape index (κ2) is 5.95. The molecule has 0 spiro atoms. The van der Waals surface area contributed by atoms with Gasteiger partial charge in [-0.25, -0.2) is 0 Å². The van der Waals surface area contributed by atoms with Crippen LogP contribution in [0.4, 0.5) is 0 Å². The van der Waals surface area contributed by atoms with Crippen molar-refractivity contribution in [3.8, 4) is 0 Å². The molecule has 0 aromatic rings. The number of hydrogen-bond donors (Lipinski definition) is 3. The van der Waals surface area contributed by atoms with Gasteiger partial charge in [0.25, 0.3) is 0 Å². The Balaban J connectivity index is 1.72. The Morgan fingerprint density at radius 3 is 2.38 bits per heavy atom. The maximum absolute atomic E-state index is 12.4. The Bertz CT molecular complexity index is 390. The van der Waals surface area contributed by atoms with Crippen LogP contribution in [0.2, 0.25) is 0 Å². The fourth-order valence-electron chi connectivity index (χ4n) is 4.32. The lowest BCUT2D eigenvalue weighted by molar-refractivity contribution is -0.196. The molecule has 1 aliphatic heterocycles. The summed E-state index contributed by atoms with van der Waals surface area (Å²) in [6, 6.07) is 0. The van der Waals surface area contributed by atoms with Gasteiger partial charge in [-0.05, 0) is 31.6 Å². The number of carbonyl (C=O) groups is 1. The number of carbonyl (C=O) groups excluding carboxylic acids is 1. The minimum atomic E-state index is -0.789. The fourth-order valence-corrected chi connectivity index (χ4v) is 4.32. The summed E-state index contributed by atoms with van der Waals surface area (Å²) in [6.45, 7) is 1.90. The first-order valence-electron chi connectivity index (χ1n) is 8.19. The zero-order valence-corrected chi connectivity index (χ0v) is 12.5. The molecule has 3 N–H and O–H groups in total. The van der Waals surface area contributed by atoms with E-state index in [1.165, 1.54) is 0 Å². The molecular formula is C16H26O5. The molecule has 0 amide bonds. The van der Waals surface area contributed by atoms with E-state index in [9.17, 15) is 20.1 Å². The smallest absolute Gasteiger partial charge is 0.143 e. The van der Waals surface area contributed by atoms with Crippen molar-refractivity contribution >= 4 is 5.78 Å². The van der Waals surface area contributed by atoms with Crippen LogP contribution in [0.15, 0.2) is 0 Å². The third-order valence-corrected chi connectivity index (χ3v) is 5.75. The maximum atomic E-state index is 12.4. The molecule has 3 rings (SSSR count). The number of rotatable bonds is 1. The summed E-state index contributed by atoms with van der Waals surface area (Å²) in [7, 11) is 0. The molecule has 0 radical (unpaired) electrons. The average molecular weight is 298 g/mol. The van der Waals surface area contributed by atoms with Crippen LogP contribution in [0.1, 0.15) is 45.4 Å². The van der Waals surface area contributed by atoms with Gasteiger partial charge in [-0.15, -0.1) is 0 Å². The predicted octanol–water partition coefficient (Wildman–Crippen LogP) is 0.642. The SMILES string of the molecule is CC1C(O)CC(O)C2C(=O)CC(C3CCC(O)CC3)OC12. The van der Waals surface area contributed by atoms with Crippen molar-refractivity contribution in [2.24, 2.45) is 17.8 Å². The summed E-state index contributed by atoms with van der Waals surface area (Å²) in [5.41, 5.74) is 0. The number of ether oxygens (including phenoxy) is 1. The van der Waals surface area contributed by atoms with E-state index in [1.54, 1.807) is 0 Å². The quantitative estimate of drug-likeness (QED) is 0.661. The molecule has 3 fully saturated rings. The Labute approximate surface area is 125 Å². The highest BCUT2D eigenvalue weighted by Gasteiger charge is 2.50. The zero-order chi connectivity index (χ0) is 15.1. The third-order valence-electron chi connectivity index (χ3n) is 5.75. The van der Waals surface area contributed by atoms with Crippen LogP contribution in [-0.2, 0) is 9.53 Å². The third kappa shape index (κ3) is 2.89. The van der Waals surface area contributed by atoms with E-state index < -0.39 is 18.1 Å². The Kier molecular flexibility index (Phi) is 4.37. The highest BCUT2D eigenvalue weighted by atomic mass is 16.5. The van der Waals surface area contributed by atoms with E-state index in [0.717, 1.165) is 25.7 Å². The predicted molar refractivity (Wildman–Crippen MR) is 75.5 cm³/mol. The molecule has 5 heteroatoms. The van der Waals surface area contributed by atoms with Gasteiger partial charge >= 0.3 is 0 Å². The van der Waals surface area contributed by atoms with E-state index >= 15 is 0 Å². The second-order valence-corrected chi connectivity index (χ2v) is 7.13. The van der Waals surface area contributed by atoms with Crippen LogP contribution in [-0.4, -0.2) is 51.6 Å². The highest BCUT2D eigenvalue weighted by Crippen LogP contribution is 2.41. The van der Waals surface area contributed by atoms with Crippen LogP contribution < -0.4 is 0 Å². The first-order valence-corrected chi connectivity index (χ1v) is 8.19. The molecule has 1 saturated heterocycles. The number of aliphatic hydroxyl groups excluding tert-OH is 3. The lowest BCUT2D eigenvalue weighted by atomic mass is 9.70. The molecule has 6 unspecified atom stereocenters. The van der Waals surface area contributed by atoms with Crippen LogP contribution >= 0.6 is 0 Å². The van der Waals surface area contributed by atoms with E-state index in [2.05, 4.69) is 0 Å². The normalized spacial score (nSPS) is 51.5. The van der Waals surface area contributed by atoms with Crippen LogP contribution in [0, 0.1) is 17.8 Å². The Hall–Kier alpha value is -0.490. The molecule has 5 nitrogen and oxygen atoms in total. The first-order chi connectivity index (χ1) is 9.97. The van der Waals surface area contributed by atoms with Gasteiger partial charge in [0.15, 0.2) is 0 Å². The van der Waals surface area contributed by atoms with Gasteiger partial charge in [-0.2, -0.15) is 0 Å². The van der Waals surface area contributed by atoms with Crippen molar-refractivity contribution in [1.29, 1.82) is 0 Å². The van der Waals surface area contributed by atoms with Crippen molar-refractivity contribution < 1.29 is 24.9 Å². The lowest BCUT2D eigenvalue weighted by Crippen LogP contribution is -2.57. The summed E-state index contributed by atoms with van der Waals surface area (Å²) in [4.78, 5) is 12.4. The number of hydrogen-bond acceptors (Lipinski definition) is 5. The van der Waals surface area contributed by atoms with Gasteiger partial charge in [-0.1, -0.05) is 6.92 Å². The van der Waals surface area contributed by atoms with E-state index in [-0.39, 0.29) is 36.4 Å². The van der Waals surface area contributed by atoms with Gasteiger partial charge in [-0.3, -0.25) is 4.79 Å². The number of ketones is 1. The Morgan fingerprint density at radius 2 is 1.71 bits per heavy atom. The van der Waals surface area contributed by atoms with E-state index in [1.807, 2.05) is 6.92 Å². The molecular weight excluding hydrogens is 272 g/mol. The van der Waals surface area contributed by atoms with Crippen LogP contribution in [0.5, 0.6) is 0 Å². The molecule has 0 aromatic carbocycles. The summed E-state index contributed by atoms with van der Waals surface area (Å²) in [5, 5.41) is 29.7. The van der Waals surface area contributed by atoms with Crippen LogP contribution in [0.3, 0.4) is 0 Å². The van der Waals surface area contributed by atoms with E-state index in [0.29, 0.717) is 12.3 Å². The van der Waals surface area contributed by atoms with Crippen molar-refractivity contribution in [3.63, 3.8) is 0 Å². The van der Waals surface area contributed by atoms with Gasteiger partial charge < -0.3 is 20.1 Å². The number of fused-ring (bicyclic) bond motifs is 1. The monoisotopic (exact) mass is 298 g/mol. The second-order valence-electron chi connectivity index (χ2n) is 7.13. The summed E-state index contributed by atoms with van der Waals surface area (Å²) in [5.74, 6) is -0.219. The van der Waals surface area contributed by atoms with Gasteiger partial charge in [0.2, 0.25) is 0 Å². The van der Waals surface area contributed by atoms with Crippen molar-refractivity contribution in [1.82, 2.24) is 0 Å². The summed E-state index contributed by atoms with van der Waals surface area (Å²) < 4.78 is 6.17. The molecule has 6 atom stereocenters. The van der Waals surface area contributed by atoms with E-state index in [4.69, 9.17) is 4.74 Å². The molecule has 0 aromatic heterocycles. The van der Waals surface area contributed by atoms with Gasteiger partial charge in [0, 0.05) is 18.8 Å². The molecule has 1 heterocycles. The molecule has 3 aliphatic rings. The van der Waals surface area contributed by atoms with Gasteiger partial charge in [0.05, 0.1) is 36.4 Å². The lowest BCUT2D eigenvalue weighted by Gasteiger charge is -2.48. The Morgan fingerprint density at radius 1 is 1.05 bits per heavy atom. The standard InChI is InChI=1S/C16H26O5/c1-8-11(18)6-12(19)15-13(20)7-14(21-16(8)15)9-2-4-10(17)5-3-9/h8-12,14-19H,2-7H2,1H3. The summed E-state index contributed by atoms with van der Waals surface area (Å²) in [6.07, 6.45) is 1.83. The van der Waals surface area contributed by atoms with Gasteiger partial charge in [0.1, 0.15) is 5.78 Å². The van der Waals surface area contributed by atoms with Crippen LogP contribution in [0.25, 0.3) is 0 Å². The maximum Gasteiger partial charge on any atom is 0.143 e. The number of aliphatic hydroxyl groups is 3. The highest BCUT2D eigenvalue weighted by molar-refractivity contribution is 5.83. The number of Topliss-reactive ketones (excluding diaryl/α,β-unsaturated/α-hetero) is 1. The minimum absolute atomic E-state index is 0.0774. The molecule has 21 heavy (non-hydrogen) atoms. The van der Waals surface area contributed by atoms with Crippen molar-refractivity contribution in [2.45, 2.75) is 76.0 Å². The minimum Gasteiger partial charge on any atom is -0.393 e. The summed E-state index contributed by atoms with van der Waals surface area (Å²) >= 11 is 0. The first kappa shape index (κ1) is 15.4. The fraction of sp³-hybridized carbons (Fsp3) is 0.938. The molecule has 120 valence electrons. The van der Waals surface area contributed by atoms with Crippen molar-refractivity contribution in [2.75, 3.05) is 0 Å². The molecule has 2 aliphatic carbocycles. The molecule has 2 saturated carbocycles. The average Bonchev–Trinajstić information content (AvgIpc) is 2.44. The molecule has 0 bridgehead atoms.